The van der Waals surface area contributed by atoms with E-state index >= 15 is 0 Å². The second-order valence-corrected chi connectivity index (χ2v) is 6.96. The lowest BCUT2D eigenvalue weighted by Crippen LogP contribution is -2.22. The minimum absolute atomic E-state index is 0.0121. The fourth-order valence-electron chi connectivity index (χ4n) is 3.16. The van der Waals surface area contributed by atoms with E-state index in [1.165, 1.54) is 6.08 Å². The van der Waals surface area contributed by atoms with Crippen molar-refractivity contribution in [1.82, 2.24) is 5.32 Å². The quantitative estimate of drug-likeness (QED) is 0.522. The number of methoxy groups -OCH3 is 2. The number of unbranched alkanes of at least 4 members (excludes halogenated alkanes) is 1. The molecule has 7 nitrogen and oxygen atoms in total. The lowest BCUT2D eigenvalue weighted by atomic mass is 9.92. The van der Waals surface area contributed by atoms with Crippen molar-refractivity contribution in [3.05, 3.63) is 65.4 Å². The maximum absolute atomic E-state index is 12.9. The van der Waals surface area contributed by atoms with Gasteiger partial charge in [-0.15, -0.1) is 0 Å². The van der Waals surface area contributed by atoms with Crippen molar-refractivity contribution in [3.63, 3.8) is 0 Å². The van der Waals surface area contributed by atoms with E-state index in [1.807, 2.05) is 0 Å². The van der Waals surface area contributed by atoms with Gasteiger partial charge in [-0.2, -0.15) is 0 Å². The highest BCUT2D eigenvalue weighted by Gasteiger charge is 2.30. The molecule has 0 saturated carbocycles. The van der Waals surface area contributed by atoms with E-state index in [0.717, 1.165) is 25.9 Å². The first kappa shape index (κ1) is 22.5. The summed E-state index contributed by atoms with van der Waals surface area (Å²) in [5, 5.41) is 3.27. The van der Waals surface area contributed by atoms with Gasteiger partial charge < -0.3 is 24.3 Å². The van der Waals surface area contributed by atoms with Crippen molar-refractivity contribution < 1.29 is 28.5 Å². The van der Waals surface area contributed by atoms with Crippen LogP contribution in [-0.2, 0) is 4.74 Å². The van der Waals surface area contributed by atoms with Gasteiger partial charge in [0.1, 0.15) is 17.2 Å². The number of ether oxygens (including phenoxy) is 4. The molecule has 0 aliphatic heterocycles. The summed E-state index contributed by atoms with van der Waals surface area (Å²) in [5.41, 5.74) is 0.572. The average Bonchev–Trinajstić information content (AvgIpc) is 2.79. The van der Waals surface area contributed by atoms with Crippen molar-refractivity contribution in [2.24, 2.45) is 0 Å². The van der Waals surface area contributed by atoms with Gasteiger partial charge in [0.15, 0.2) is 11.5 Å². The molecule has 0 unspecified atom stereocenters. The topological polar surface area (TPSA) is 83.1 Å². The Morgan fingerprint density at radius 1 is 0.871 bits per heavy atom. The van der Waals surface area contributed by atoms with Crippen molar-refractivity contribution in [2.75, 3.05) is 40.5 Å². The predicted octanol–water partition coefficient (Wildman–Crippen LogP) is 3.43. The second kappa shape index (κ2) is 11.3. The molecular formula is C24H27NO6. The number of nitrogens with one attached hydrogen (secondary N) is 1. The molecule has 1 aliphatic rings. The molecule has 7 heteroatoms. The molecule has 2 aromatic carbocycles. The summed E-state index contributed by atoms with van der Waals surface area (Å²) in [7, 11) is 3.24. The number of hydrogen-bond donors (Lipinski definition) is 1. The summed E-state index contributed by atoms with van der Waals surface area (Å²) in [4.78, 5) is 25.7. The predicted molar refractivity (Wildman–Crippen MR) is 116 cm³/mol. The van der Waals surface area contributed by atoms with Crippen LogP contribution in [-0.4, -0.2) is 52.1 Å². The first-order valence-electron chi connectivity index (χ1n) is 10.2. The molecule has 0 amide bonds. The molecule has 0 fully saturated rings. The molecule has 0 atom stereocenters. The first-order chi connectivity index (χ1) is 15.1. The number of fused-ring (bicyclic) bond motifs is 1. The van der Waals surface area contributed by atoms with E-state index in [-0.39, 0.29) is 28.5 Å². The van der Waals surface area contributed by atoms with E-state index in [2.05, 4.69) is 5.32 Å². The summed E-state index contributed by atoms with van der Waals surface area (Å²) in [6, 6.07) is 11.8. The Morgan fingerprint density at radius 3 is 2.39 bits per heavy atom. The fraction of sp³-hybridized carbons (Fsp3) is 0.333. The third-order valence-corrected chi connectivity index (χ3v) is 4.78. The van der Waals surface area contributed by atoms with Gasteiger partial charge in [-0.25, -0.2) is 0 Å². The SMILES string of the molecule is COCCNCCCCOc1cccc2c1C(=O)C=C(Oc1ccc(OC)cc1)C2=O. The number of benzene rings is 2. The molecule has 2 aromatic rings. The van der Waals surface area contributed by atoms with Crippen LogP contribution in [0.3, 0.4) is 0 Å². The molecule has 31 heavy (non-hydrogen) atoms. The summed E-state index contributed by atoms with van der Waals surface area (Å²) in [6.45, 7) is 2.82. The summed E-state index contributed by atoms with van der Waals surface area (Å²) in [5.74, 6) is 0.867. The van der Waals surface area contributed by atoms with Gasteiger partial charge in [0.2, 0.25) is 5.78 Å². The van der Waals surface area contributed by atoms with Crippen LogP contribution in [0.4, 0.5) is 0 Å². The molecule has 0 bridgehead atoms. The van der Waals surface area contributed by atoms with Crippen LogP contribution < -0.4 is 19.5 Å². The number of Topliss-reactive ketones (excluding diaryl/α,β-unsaturated/α-hetero) is 1. The van der Waals surface area contributed by atoms with E-state index in [0.29, 0.717) is 30.5 Å². The van der Waals surface area contributed by atoms with Gasteiger partial charge in [-0.3, -0.25) is 9.59 Å². The number of carbonyl (C=O) groups is 2. The summed E-state index contributed by atoms with van der Waals surface area (Å²) >= 11 is 0. The molecule has 1 N–H and O–H groups in total. The third kappa shape index (κ3) is 5.93. The van der Waals surface area contributed by atoms with Crippen molar-refractivity contribution in [2.45, 2.75) is 12.8 Å². The van der Waals surface area contributed by atoms with Crippen LogP contribution in [0.5, 0.6) is 17.2 Å². The van der Waals surface area contributed by atoms with Crippen molar-refractivity contribution in [1.29, 1.82) is 0 Å². The van der Waals surface area contributed by atoms with E-state index in [1.54, 1.807) is 56.7 Å². The number of carbonyl (C=O) groups excluding carboxylic acids is 2. The van der Waals surface area contributed by atoms with Gasteiger partial charge >= 0.3 is 0 Å². The Bertz CT molecular complexity index is 936. The monoisotopic (exact) mass is 425 g/mol. The second-order valence-electron chi connectivity index (χ2n) is 6.96. The maximum atomic E-state index is 12.9. The third-order valence-electron chi connectivity index (χ3n) is 4.78. The number of allylic oxidation sites excluding steroid dienone is 2. The fourth-order valence-corrected chi connectivity index (χ4v) is 3.16. The zero-order valence-electron chi connectivity index (χ0n) is 17.8. The standard InChI is InChI=1S/C24H27NO6/c1-28-15-13-25-12-3-4-14-30-21-7-5-6-19-23(21)20(26)16-22(24(19)27)31-18-10-8-17(29-2)9-11-18/h5-11,16,25H,3-4,12-15H2,1-2H3. The molecule has 1 aliphatic carbocycles. The Balaban J connectivity index is 1.61. The van der Waals surface area contributed by atoms with Crippen molar-refractivity contribution >= 4 is 11.6 Å². The number of rotatable bonds is 12. The largest absolute Gasteiger partial charge is 0.497 e. The number of ketones is 2. The Kier molecular flexibility index (Phi) is 8.20. The highest BCUT2D eigenvalue weighted by molar-refractivity contribution is 6.24. The Labute approximate surface area is 181 Å². The van der Waals surface area contributed by atoms with Crippen LogP contribution >= 0.6 is 0 Å². The minimum atomic E-state index is -0.349. The molecule has 0 radical (unpaired) electrons. The molecule has 0 heterocycles. The van der Waals surface area contributed by atoms with Crippen LogP contribution in [0.1, 0.15) is 33.6 Å². The summed E-state index contributed by atoms with van der Waals surface area (Å²) < 4.78 is 21.6. The van der Waals surface area contributed by atoms with Crippen LogP contribution in [0.25, 0.3) is 0 Å². The lowest BCUT2D eigenvalue weighted by molar-refractivity contribution is 0.0944. The first-order valence-corrected chi connectivity index (χ1v) is 10.2. The minimum Gasteiger partial charge on any atom is -0.497 e. The summed E-state index contributed by atoms with van der Waals surface area (Å²) in [6.07, 6.45) is 2.99. The van der Waals surface area contributed by atoms with E-state index in [9.17, 15) is 9.59 Å². The number of hydrogen-bond acceptors (Lipinski definition) is 7. The highest BCUT2D eigenvalue weighted by Crippen LogP contribution is 2.31. The molecule has 164 valence electrons. The zero-order valence-corrected chi connectivity index (χ0v) is 17.8. The zero-order chi connectivity index (χ0) is 22.1. The van der Waals surface area contributed by atoms with Crippen LogP contribution in [0, 0.1) is 0 Å². The maximum Gasteiger partial charge on any atom is 0.229 e. The van der Waals surface area contributed by atoms with Gasteiger partial charge in [-0.1, -0.05) is 6.07 Å². The van der Waals surface area contributed by atoms with Gasteiger partial charge in [-0.05, 0) is 55.8 Å². The van der Waals surface area contributed by atoms with Crippen LogP contribution in [0.15, 0.2) is 54.3 Å². The molecular weight excluding hydrogens is 398 g/mol. The lowest BCUT2D eigenvalue weighted by Gasteiger charge is -2.18. The Hall–Kier alpha value is -3.16. The molecule has 0 spiro atoms. The van der Waals surface area contributed by atoms with Crippen LogP contribution in [0.2, 0.25) is 0 Å². The normalized spacial score (nSPS) is 12.9. The van der Waals surface area contributed by atoms with E-state index in [4.69, 9.17) is 18.9 Å². The van der Waals surface area contributed by atoms with Crippen molar-refractivity contribution in [3.8, 4) is 17.2 Å². The average molecular weight is 425 g/mol. The highest BCUT2D eigenvalue weighted by atomic mass is 16.5. The van der Waals surface area contributed by atoms with E-state index < -0.39 is 0 Å². The molecule has 0 saturated heterocycles. The van der Waals surface area contributed by atoms with Gasteiger partial charge in [0, 0.05) is 25.3 Å². The van der Waals surface area contributed by atoms with Gasteiger partial charge in [0.05, 0.1) is 25.9 Å². The molecule has 3 rings (SSSR count). The van der Waals surface area contributed by atoms with Gasteiger partial charge in [0.25, 0.3) is 0 Å². The molecule has 0 aromatic heterocycles. The Morgan fingerprint density at radius 2 is 1.65 bits per heavy atom. The smallest absolute Gasteiger partial charge is 0.229 e.